The second kappa shape index (κ2) is 8.93. The predicted octanol–water partition coefficient (Wildman–Crippen LogP) is 10.3. The second-order valence-corrected chi connectivity index (χ2v) is 11.0. The molecule has 2 heterocycles. The van der Waals surface area contributed by atoms with Gasteiger partial charge in [0.1, 0.15) is 16.2 Å². The van der Waals surface area contributed by atoms with Crippen molar-refractivity contribution in [2.45, 2.75) is 5.92 Å². The van der Waals surface area contributed by atoms with Crippen LogP contribution >= 0.6 is 11.3 Å². The van der Waals surface area contributed by atoms with E-state index in [1.807, 2.05) is 18.2 Å². The molecule has 0 spiro atoms. The van der Waals surface area contributed by atoms with Crippen LogP contribution in [0.5, 0.6) is 0 Å². The quantitative estimate of drug-likeness (QED) is 0.232. The number of hydrogen-bond acceptors (Lipinski definition) is 3. The Hall–Kier alpha value is -4.73. The van der Waals surface area contributed by atoms with Gasteiger partial charge in [-0.25, -0.2) is 4.98 Å². The monoisotopic (exact) mass is 517 g/mol. The summed E-state index contributed by atoms with van der Waals surface area (Å²) < 4.78 is 7.57. The van der Waals surface area contributed by atoms with E-state index in [4.69, 9.17) is 9.40 Å². The molecule has 1 aliphatic rings. The molecule has 0 aliphatic heterocycles. The maximum atomic E-state index is 6.38. The van der Waals surface area contributed by atoms with E-state index in [0.29, 0.717) is 0 Å². The van der Waals surface area contributed by atoms with Gasteiger partial charge in [0.2, 0.25) is 0 Å². The fraction of sp³-hybridized carbons (Fsp3) is 0.0278. The lowest BCUT2D eigenvalue weighted by Gasteiger charge is -2.09. The molecule has 8 rings (SSSR count). The lowest BCUT2D eigenvalue weighted by Crippen LogP contribution is -1.89. The highest BCUT2D eigenvalue weighted by Crippen LogP contribution is 2.42. The van der Waals surface area contributed by atoms with Crippen LogP contribution in [-0.4, -0.2) is 4.98 Å². The zero-order chi connectivity index (χ0) is 25.8. The van der Waals surface area contributed by atoms with E-state index in [-0.39, 0.29) is 5.92 Å². The Bertz CT molecular complexity index is 2030. The summed E-state index contributed by atoms with van der Waals surface area (Å²) in [5.41, 5.74) is 10.1. The van der Waals surface area contributed by atoms with Gasteiger partial charge in [0.25, 0.3) is 0 Å². The molecule has 1 unspecified atom stereocenters. The van der Waals surface area contributed by atoms with Crippen molar-refractivity contribution in [2.75, 3.05) is 0 Å². The summed E-state index contributed by atoms with van der Waals surface area (Å²) in [6.07, 6.45) is 6.93. The molecule has 2 nitrogen and oxygen atoms in total. The molecule has 184 valence electrons. The standard InChI is InChI=1S/C36H23NOS/c1-2-8-23(9-3-1)24-14-16-25(17-15-24)26-18-19-27(20-26)30-21-28(36-37-31-11-5-7-13-34(31)39-36)22-33-35(30)29-10-4-6-12-32(29)38-33/h1-22,26H. The Morgan fingerprint density at radius 2 is 1.44 bits per heavy atom. The van der Waals surface area contributed by atoms with E-state index in [9.17, 15) is 0 Å². The Kier molecular flexibility index (Phi) is 5.10. The van der Waals surface area contributed by atoms with Gasteiger partial charge in [-0.1, -0.05) is 103 Å². The molecule has 0 radical (unpaired) electrons. The van der Waals surface area contributed by atoms with Crippen LogP contribution in [0.4, 0.5) is 0 Å². The number of para-hydroxylation sites is 2. The van der Waals surface area contributed by atoms with Crippen LogP contribution in [0.1, 0.15) is 17.0 Å². The van der Waals surface area contributed by atoms with Crippen molar-refractivity contribution in [1.82, 2.24) is 4.98 Å². The lowest BCUT2D eigenvalue weighted by molar-refractivity contribution is 0.669. The van der Waals surface area contributed by atoms with Gasteiger partial charge in [0.15, 0.2) is 0 Å². The minimum Gasteiger partial charge on any atom is -0.456 e. The molecular formula is C36H23NOS. The summed E-state index contributed by atoms with van der Waals surface area (Å²) in [5, 5.41) is 3.31. The van der Waals surface area contributed by atoms with Crippen molar-refractivity contribution in [2.24, 2.45) is 0 Å². The van der Waals surface area contributed by atoms with E-state index >= 15 is 0 Å². The highest BCUT2D eigenvalue weighted by molar-refractivity contribution is 7.21. The fourth-order valence-corrected chi connectivity index (χ4v) is 6.58. The summed E-state index contributed by atoms with van der Waals surface area (Å²) in [6.45, 7) is 0. The van der Waals surface area contributed by atoms with Gasteiger partial charge in [-0.3, -0.25) is 0 Å². The average Bonchev–Trinajstić information content (AvgIpc) is 3.74. The van der Waals surface area contributed by atoms with Gasteiger partial charge in [-0.05, 0) is 58.2 Å². The zero-order valence-electron chi connectivity index (χ0n) is 21.0. The maximum absolute atomic E-state index is 6.38. The molecule has 3 heteroatoms. The van der Waals surface area contributed by atoms with Crippen LogP contribution in [0.15, 0.2) is 138 Å². The van der Waals surface area contributed by atoms with Gasteiger partial charge < -0.3 is 4.42 Å². The third-order valence-electron chi connectivity index (χ3n) is 7.58. The van der Waals surface area contributed by atoms with Crippen molar-refractivity contribution in [3.8, 4) is 21.7 Å². The minimum absolute atomic E-state index is 0.226. The molecule has 0 saturated carbocycles. The Morgan fingerprint density at radius 1 is 0.667 bits per heavy atom. The molecule has 0 fully saturated rings. The highest BCUT2D eigenvalue weighted by atomic mass is 32.1. The SMILES string of the molecule is C1=CC(c2ccc(-c3ccccc3)cc2)C=C1c1cc(-c2nc3ccccc3s2)cc2oc3ccccc3c12. The number of rotatable bonds is 4. The fourth-order valence-electron chi connectivity index (χ4n) is 5.63. The number of aromatic nitrogens is 1. The summed E-state index contributed by atoms with van der Waals surface area (Å²) in [5.74, 6) is 0.226. The topological polar surface area (TPSA) is 26.0 Å². The van der Waals surface area contributed by atoms with E-state index in [1.54, 1.807) is 11.3 Å². The van der Waals surface area contributed by atoms with Gasteiger partial charge >= 0.3 is 0 Å². The molecule has 1 aliphatic carbocycles. The molecule has 5 aromatic carbocycles. The number of allylic oxidation sites excluding steroid dienone is 4. The third kappa shape index (κ3) is 3.82. The van der Waals surface area contributed by atoms with Crippen LogP contribution in [0.2, 0.25) is 0 Å². The molecule has 39 heavy (non-hydrogen) atoms. The summed E-state index contributed by atoms with van der Waals surface area (Å²) in [4.78, 5) is 4.95. The largest absolute Gasteiger partial charge is 0.456 e. The summed E-state index contributed by atoms with van der Waals surface area (Å²) in [7, 11) is 0. The molecule has 0 N–H and O–H groups in total. The predicted molar refractivity (Wildman–Crippen MR) is 164 cm³/mol. The average molecular weight is 518 g/mol. The van der Waals surface area contributed by atoms with E-state index < -0.39 is 0 Å². The van der Waals surface area contributed by atoms with Gasteiger partial charge in [0.05, 0.1) is 10.2 Å². The number of furan rings is 1. The van der Waals surface area contributed by atoms with E-state index in [2.05, 4.69) is 115 Å². The van der Waals surface area contributed by atoms with Crippen molar-refractivity contribution in [1.29, 1.82) is 0 Å². The second-order valence-electron chi connectivity index (χ2n) is 9.98. The van der Waals surface area contributed by atoms with Crippen molar-refractivity contribution in [3.63, 3.8) is 0 Å². The van der Waals surface area contributed by atoms with Gasteiger partial charge in [0, 0.05) is 22.3 Å². The van der Waals surface area contributed by atoms with Crippen LogP contribution in [-0.2, 0) is 0 Å². The first-order valence-corrected chi connectivity index (χ1v) is 14.0. The number of nitrogens with zero attached hydrogens (tertiary/aromatic N) is 1. The molecule has 0 amide bonds. The molecular weight excluding hydrogens is 494 g/mol. The van der Waals surface area contributed by atoms with Gasteiger partial charge in [-0.15, -0.1) is 11.3 Å². The molecule has 0 bridgehead atoms. The van der Waals surface area contributed by atoms with Crippen molar-refractivity contribution in [3.05, 3.63) is 145 Å². The van der Waals surface area contributed by atoms with E-state index in [0.717, 1.165) is 38.0 Å². The van der Waals surface area contributed by atoms with Crippen LogP contribution in [0.3, 0.4) is 0 Å². The third-order valence-corrected chi connectivity index (χ3v) is 8.66. The highest BCUT2D eigenvalue weighted by Gasteiger charge is 2.20. The zero-order valence-corrected chi connectivity index (χ0v) is 21.9. The van der Waals surface area contributed by atoms with E-state index in [1.165, 1.54) is 32.5 Å². The molecule has 0 saturated heterocycles. The van der Waals surface area contributed by atoms with Crippen LogP contribution < -0.4 is 0 Å². The molecule has 7 aromatic rings. The lowest BCUT2D eigenvalue weighted by atomic mass is 9.95. The van der Waals surface area contributed by atoms with Gasteiger partial charge in [-0.2, -0.15) is 0 Å². The molecule has 2 aromatic heterocycles. The first kappa shape index (κ1) is 22.3. The first-order valence-electron chi connectivity index (χ1n) is 13.2. The van der Waals surface area contributed by atoms with Crippen LogP contribution in [0, 0.1) is 0 Å². The maximum Gasteiger partial charge on any atom is 0.136 e. The Morgan fingerprint density at radius 3 is 2.31 bits per heavy atom. The number of benzene rings is 5. The molecule has 1 atom stereocenters. The normalized spacial score (nSPS) is 15.0. The smallest absolute Gasteiger partial charge is 0.136 e. The minimum atomic E-state index is 0.226. The van der Waals surface area contributed by atoms with Crippen LogP contribution in [0.25, 0.3) is 59.4 Å². The first-order chi connectivity index (χ1) is 19.3. The number of fused-ring (bicyclic) bond motifs is 4. The van der Waals surface area contributed by atoms with Crippen molar-refractivity contribution >= 4 is 49.1 Å². The summed E-state index contributed by atoms with van der Waals surface area (Å²) >= 11 is 1.72. The number of hydrogen-bond donors (Lipinski definition) is 0. The Labute approximate surface area is 230 Å². The van der Waals surface area contributed by atoms with Crippen molar-refractivity contribution < 1.29 is 4.42 Å². The summed E-state index contributed by atoms with van der Waals surface area (Å²) in [6, 6.07) is 40.5. The number of thiazole rings is 1. The Balaban J connectivity index is 1.24.